The second-order valence-electron chi connectivity index (χ2n) is 5.66. The summed E-state index contributed by atoms with van der Waals surface area (Å²) in [5.41, 5.74) is 6.81. The first-order chi connectivity index (χ1) is 10.1. The van der Waals surface area contributed by atoms with Gasteiger partial charge in [-0.15, -0.1) is 0 Å². The van der Waals surface area contributed by atoms with Gasteiger partial charge in [-0.2, -0.15) is 0 Å². The highest BCUT2D eigenvalue weighted by Gasteiger charge is 2.32. The molecule has 21 heavy (non-hydrogen) atoms. The van der Waals surface area contributed by atoms with E-state index >= 15 is 0 Å². The van der Waals surface area contributed by atoms with Crippen molar-refractivity contribution in [2.24, 2.45) is 17.6 Å². The number of nitrogens with one attached hydrogen (secondary N) is 1. The van der Waals surface area contributed by atoms with Gasteiger partial charge in [-0.3, -0.25) is 4.79 Å². The molecule has 1 aromatic carbocycles. The van der Waals surface area contributed by atoms with E-state index in [1.165, 1.54) is 0 Å². The zero-order chi connectivity index (χ0) is 15.4. The molecule has 0 bridgehead atoms. The van der Waals surface area contributed by atoms with Crippen LogP contribution in [0.2, 0.25) is 0 Å². The third kappa shape index (κ3) is 3.77. The zero-order valence-corrected chi connectivity index (χ0v) is 14.2. The van der Waals surface area contributed by atoms with Crippen LogP contribution in [-0.4, -0.2) is 19.6 Å². The van der Waals surface area contributed by atoms with E-state index in [1.54, 1.807) is 7.11 Å². The first-order valence-electron chi connectivity index (χ1n) is 7.40. The smallest absolute Gasteiger partial charge is 0.223 e. The Morgan fingerprint density at radius 1 is 1.52 bits per heavy atom. The van der Waals surface area contributed by atoms with Crippen LogP contribution in [0.4, 0.5) is 0 Å². The van der Waals surface area contributed by atoms with E-state index in [2.05, 4.69) is 21.2 Å². The molecule has 0 saturated heterocycles. The second-order valence-corrected chi connectivity index (χ2v) is 6.51. The number of amides is 1. The van der Waals surface area contributed by atoms with Crippen molar-refractivity contribution in [3.05, 3.63) is 28.2 Å². The van der Waals surface area contributed by atoms with Crippen molar-refractivity contribution in [1.82, 2.24) is 5.32 Å². The lowest BCUT2D eigenvalue weighted by atomic mass is 9.94. The van der Waals surface area contributed by atoms with Crippen LogP contribution in [0.5, 0.6) is 5.75 Å². The van der Waals surface area contributed by atoms with Crippen molar-refractivity contribution in [1.29, 1.82) is 0 Å². The average Bonchev–Trinajstić information content (AvgIpc) is 2.95. The molecule has 2 rings (SSSR count). The minimum atomic E-state index is -0.0290. The van der Waals surface area contributed by atoms with Crippen molar-refractivity contribution in [2.75, 3.05) is 13.7 Å². The van der Waals surface area contributed by atoms with Crippen LogP contribution in [-0.2, 0) is 4.79 Å². The molecule has 4 nitrogen and oxygen atoms in total. The van der Waals surface area contributed by atoms with Crippen LogP contribution in [0.1, 0.15) is 37.8 Å². The van der Waals surface area contributed by atoms with Crippen LogP contribution in [0.25, 0.3) is 0 Å². The number of rotatable bonds is 5. The van der Waals surface area contributed by atoms with Gasteiger partial charge in [0.25, 0.3) is 0 Å². The summed E-state index contributed by atoms with van der Waals surface area (Å²) in [7, 11) is 1.64. The Balaban J connectivity index is 2.02. The van der Waals surface area contributed by atoms with Gasteiger partial charge < -0.3 is 15.8 Å². The highest BCUT2D eigenvalue weighted by atomic mass is 79.9. The van der Waals surface area contributed by atoms with Crippen molar-refractivity contribution >= 4 is 21.8 Å². The van der Waals surface area contributed by atoms with Gasteiger partial charge in [0.05, 0.1) is 17.6 Å². The highest BCUT2D eigenvalue weighted by Crippen LogP contribution is 2.32. The molecular weight excluding hydrogens is 332 g/mol. The van der Waals surface area contributed by atoms with Crippen molar-refractivity contribution < 1.29 is 9.53 Å². The fourth-order valence-electron chi connectivity index (χ4n) is 3.02. The number of carbonyl (C=O) groups excluding carboxylic acids is 1. The fraction of sp³-hybridized carbons (Fsp3) is 0.562. The standard InChI is InChI=1S/C16H23BrN2O2/c1-10(11-6-7-15(21-2)14(17)8-11)19-16(20)13-5-3-4-12(13)9-18/h6-8,10,12-13H,3-5,9,18H2,1-2H3,(H,19,20)/t10?,12-,13-/m1/s1. The molecule has 0 aromatic heterocycles. The Bertz CT molecular complexity index is 507. The number of halogens is 1. The predicted octanol–water partition coefficient (Wildman–Crippen LogP) is 3.01. The van der Waals surface area contributed by atoms with E-state index in [1.807, 2.05) is 25.1 Å². The number of carbonyl (C=O) groups is 1. The largest absolute Gasteiger partial charge is 0.496 e. The number of ether oxygens (including phenoxy) is 1. The maximum absolute atomic E-state index is 12.4. The lowest BCUT2D eigenvalue weighted by molar-refractivity contribution is -0.126. The molecule has 3 atom stereocenters. The molecule has 0 heterocycles. The number of benzene rings is 1. The molecule has 1 fully saturated rings. The predicted molar refractivity (Wildman–Crippen MR) is 87.1 cm³/mol. The molecule has 1 aliphatic carbocycles. The van der Waals surface area contributed by atoms with Gasteiger partial charge in [0.15, 0.2) is 0 Å². The number of hydrogen-bond donors (Lipinski definition) is 2. The van der Waals surface area contributed by atoms with Crippen LogP contribution >= 0.6 is 15.9 Å². The van der Waals surface area contributed by atoms with Crippen molar-refractivity contribution in [3.63, 3.8) is 0 Å². The highest BCUT2D eigenvalue weighted by molar-refractivity contribution is 9.10. The molecule has 1 aromatic rings. The van der Waals surface area contributed by atoms with Gasteiger partial charge in [-0.25, -0.2) is 0 Å². The quantitative estimate of drug-likeness (QED) is 0.853. The van der Waals surface area contributed by atoms with E-state index in [0.29, 0.717) is 12.5 Å². The average molecular weight is 355 g/mol. The SMILES string of the molecule is COc1ccc(C(C)NC(=O)[C@@H]2CCC[C@@H]2CN)cc1Br. The first-order valence-corrected chi connectivity index (χ1v) is 8.20. The molecule has 0 radical (unpaired) electrons. The van der Waals surface area contributed by atoms with Gasteiger partial charge in [-0.1, -0.05) is 12.5 Å². The fourth-order valence-corrected chi connectivity index (χ4v) is 3.58. The number of nitrogens with two attached hydrogens (primary N) is 1. The zero-order valence-electron chi connectivity index (χ0n) is 12.6. The Morgan fingerprint density at radius 3 is 2.90 bits per heavy atom. The second kappa shape index (κ2) is 7.27. The molecule has 0 aliphatic heterocycles. The summed E-state index contributed by atoms with van der Waals surface area (Å²) >= 11 is 3.47. The maximum Gasteiger partial charge on any atom is 0.223 e. The molecule has 1 saturated carbocycles. The topological polar surface area (TPSA) is 64.3 Å². The van der Waals surface area contributed by atoms with E-state index in [-0.39, 0.29) is 17.9 Å². The third-order valence-electron chi connectivity index (χ3n) is 4.33. The van der Waals surface area contributed by atoms with Gasteiger partial charge in [0.2, 0.25) is 5.91 Å². The molecule has 116 valence electrons. The van der Waals surface area contributed by atoms with Gasteiger partial charge in [0.1, 0.15) is 5.75 Å². The molecule has 1 unspecified atom stereocenters. The summed E-state index contributed by atoms with van der Waals surface area (Å²) in [6.07, 6.45) is 3.12. The number of hydrogen-bond acceptors (Lipinski definition) is 3. The van der Waals surface area contributed by atoms with E-state index in [9.17, 15) is 4.79 Å². The molecular formula is C16H23BrN2O2. The van der Waals surface area contributed by atoms with Crippen LogP contribution in [0.15, 0.2) is 22.7 Å². The molecule has 0 spiro atoms. The van der Waals surface area contributed by atoms with Crippen molar-refractivity contribution in [2.45, 2.75) is 32.2 Å². The molecule has 1 amide bonds. The Kier molecular flexibility index (Phi) is 5.65. The Hall–Kier alpha value is -1.07. The third-order valence-corrected chi connectivity index (χ3v) is 4.95. The van der Waals surface area contributed by atoms with Crippen molar-refractivity contribution in [3.8, 4) is 5.75 Å². The van der Waals surface area contributed by atoms with E-state index < -0.39 is 0 Å². The van der Waals surface area contributed by atoms with E-state index in [0.717, 1.165) is 35.0 Å². The minimum absolute atomic E-state index is 0.0290. The van der Waals surface area contributed by atoms with Crippen LogP contribution < -0.4 is 15.8 Å². The minimum Gasteiger partial charge on any atom is -0.496 e. The summed E-state index contributed by atoms with van der Waals surface area (Å²) in [6.45, 7) is 2.60. The summed E-state index contributed by atoms with van der Waals surface area (Å²) in [5.74, 6) is 1.32. The number of methoxy groups -OCH3 is 1. The van der Waals surface area contributed by atoms with E-state index in [4.69, 9.17) is 10.5 Å². The van der Waals surface area contributed by atoms with Gasteiger partial charge in [-0.05, 0) is 65.9 Å². The van der Waals surface area contributed by atoms with Crippen LogP contribution in [0.3, 0.4) is 0 Å². The molecule has 1 aliphatic rings. The summed E-state index contributed by atoms with van der Waals surface area (Å²) in [5, 5.41) is 3.11. The maximum atomic E-state index is 12.4. The monoisotopic (exact) mass is 354 g/mol. The Labute approximate surface area is 134 Å². The first kappa shape index (κ1) is 16.3. The lowest BCUT2D eigenvalue weighted by Crippen LogP contribution is -2.36. The Morgan fingerprint density at radius 2 is 2.29 bits per heavy atom. The summed E-state index contributed by atoms with van der Waals surface area (Å²) in [4.78, 5) is 12.4. The summed E-state index contributed by atoms with van der Waals surface area (Å²) < 4.78 is 6.12. The van der Waals surface area contributed by atoms with Gasteiger partial charge >= 0.3 is 0 Å². The molecule has 5 heteroatoms. The van der Waals surface area contributed by atoms with Gasteiger partial charge in [0, 0.05) is 5.92 Å². The normalized spacial score (nSPS) is 22.9. The summed E-state index contributed by atoms with van der Waals surface area (Å²) in [6, 6.07) is 5.83. The molecule has 3 N–H and O–H groups in total. The van der Waals surface area contributed by atoms with Crippen LogP contribution in [0, 0.1) is 11.8 Å². The lowest BCUT2D eigenvalue weighted by Gasteiger charge is -2.21.